The Bertz CT molecular complexity index is 495. The summed E-state index contributed by atoms with van der Waals surface area (Å²) in [7, 11) is 3.11. The van der Waals surface area contributed by atoms with E-state index in [1.54, 1.807) is 20.2 Å². The fourth-order valence-corrected chi connectivity index (χ4v) is 1.60. The monoisotopic (exact) mass is 246 g/mol. The first-order valence-corrected chi connectivity index (χ1v) is 5.67. The van der Waals surface area contributed by atoms with Crippen LogP contribution in [-0.4, -0.2) is 20.1 Å². The molecule has 1 aromatic rings. The molecule has 0 unspecified atom stereocenters. The number of rotatable bonds is 2. The first kappa shape index (κ1) is 14.0. The molecule has 0 atom stereocenters. The molecule has 0 bridgehead atoms. The number of methoxy groups -OCH3 is 1. The van der Waals surface area contributed by atoms with Crippen molar-refractivity contribution in [3.63, 3.8) is 0 Å². The van der Waals surface area contributed by atoms with Crippen LogP contribution in [-0.2, 0) is 10.2 Å². The van der Waals surface area contributed by atoms with Gasteiger partial charge in [-0.1, -0.05) is 26.8 Å². The lowest BCUT2D eigenvalue weighted by atomic mass is 9.86. The number of amides is 1. The fourth-order valence-electron chi connectivity index (χ4n) is 1.60. The van der Waals surface area contributed by atoms with E-state index in [0.717, 1.165) is 5.56 Å². The number of anilines is 1. The van der Waals surface area contributed by atoms with Crippen LogP contribution in [0.5, 0.6) is 5.75 Å². The first-order chi connectivity index (χ1) is 8.31. The summed E-state index contributed by atoms with van der Waals surface area (Å²) < 4.78 is 5.23. The summed E-state index contributed by atoms with van der Waals surface area (Å²) in [6.45, 7) is 6.26. The van der Waals surface area contributed by atoms with Crippen LogP contribution in [0.1, 0.15) is 26.3 Å². The van der Waals surface area contributed by atoms with Gasteiger partial charge < -0.3 is 4.74 Å². The maximum absolute atomic E-state index is 11.5. The molecule has 0 fully saturated rings. The van der Waals surface area contributed by atoms with Gasteiger partial charge in [-0.15, -0.1) is 0 Å². The highest BCUT2D eigenvalue weighted by atomic mass is 16.5. The number of carbonyl (C=O) groups is 1. The molecule has 0 saturated heterocycles. The zero-order valence-electron chi connectivity index (χ0n) is 11.4. The number of nitrogens with zero attached hydrogens (tertiary/aromatic N) is 2. The topological polar surface area (TPSA) is 53.3 Å². The quantitative estimate of drug-likeness (QED) is 0.753. The number of ether oxygens (including phenoxy) is 1. The van der Waals surface area contributed by atoms with Gasteiger partial charge in [-0.2, -0.15) is 5.26 Å². The van der Waals surface area contributed by atoms with Crippen molar-refractivity contribution >= 4 is 11.6 Å². The van der Waals surface area contributed by atoms with Gasteiger partial charge in [0.25, 0.3) is 0 Å². The van der Waals surface area contributed by atoms with Crippen LogP contribution in [0.2, 0.25) is 0 Å². The van der Waals surface area contributed by atoms with Crippen molar-refractivity contribution < 1.29 is 9.53 Å². The Balaban J connectivity index is 3.32. The third-order valence-electron chi connectivity index (χ3n) is 2.81. The van der Waals surface area contributed by atoms with Crippen molar-refractivity contribution in [2.75, 3.05) is 19.1 Å². The molecule has 1 rings (SSSR count). The predicted octanol–water partition coefficient (Wildman–Crippen LogP) is 2.48. The number of hydrogen-bond donors (Lipinski definition) is 0. The average molecular weight is 246 g/mol. The summed E-state index contributed by atoms with van der Waals surface area (Å²) in [6, 6.07) is 7.27. The zero-order chi connectivity index (χ0) is 13.9. The molecule has 0 aromatic heterocycles. The van der Waals surface area contributed by atoms with Crippen LogP contribution in [0.3, 0.4) is 0 Å². The van der Waals surface area contributed by atoms with Gasteiger partial charge in [-0.05, 0) is 23.1 Å². The molecule has 0 heterocycles. The van der Waals surface area contributed by atoms with Gasteiger partial charge in [0.15, 0.2) is 6.07 Å². The van der Waals surface area contributed by atoms with Crippen molar-refractivity contribution in [3.8, 4) is 11.8 Å². The van der Waals surface area contributed by atoms with Crippen LogP contribution in [0.25, 0.3) is 0 Å². The van der Waals surface area contributed by atoms with Crippen LogP contribution in [0, 0.1) is 11.3 Å². The number of hydrogen-bond acceptors (Lipinski definition) is 3. The minimum atomic E-state index is -0.612. The summed E-state index contributed by atoms with van der Waals surface area (Å²) in [5.41, 5.74) is 1.66. The highest BCUT2D eigenvalue weighted by molar-refractivity contribution is 6.04. The number of nitriles is 1. The van der Waals surface area contributed by atoms with Gasteiger partial charge in [-0.25, -0.2) is 0 Å². The fraction of sp³-hybridized carbons (Fsp3) is 0.429. The molecule has 96 valence electrons. The first-order valence-electron chi connectivity index (χ1n) is 5.67. The lowest BCUT2D eigenvalue weighted by molar-refractivity contribution is -0.113. The lowest BCUT2D eigenvalue weighted by Gasteiger charge is -2.23. The summed E-state index contributed by atoms with van der Waals surface area (Å²) >= 11 is 0. The molecular weight excluding hydrogens is 228 g/mol. The minimum absolute atomic E-state index is 0.0302. The molecule has 0 N–H and O–H groups in total. The summed E-state index contributed by atoms with van der Waals surface area (Å²) in [4.78, 5) is 12.8. The lowest BCUT2D eigenvalue weighted by Crippen LogP contribution is -2.25. The van der Waals surface area contributed by atoms with Gasteiger partial charge in [0, 0.05) is 7.05 Å². The molecule has 0 spiro atoms. The molecular formula is C14H18N2O2. The van der Waals surface area contributed by atoms with E-state index >= 15 is 0 Å². The van der Waals surface area contributed by atoms with E-state index in [4.69, 9.17) is 10.00 Å². The third kappa shape index (κ3) is 2.80. The standard InChI is InChI=1S/C14H18N2O2/c1-14(2,3)10-6-7-12(18-5)11(8-10)16(4)13(17)9-15/h6-8H,1-5H3. The van der Waals surface area contributed by atoms with E-state index in [1.165, 1.54) is 4.90 Å². The molecule has 0 radical (unpaired) electrons. The third-order valence-corrected chi connectivity index (χ3v) is 2.81. The minimum Gasteiger partial charge on any atom is -0.495 e. The maximum Gasteiger partial charge on any atom is 0.329 e. The second kappa shape index (κ2) is 5.09. The van der Waals surface area contributed by atoms with E-state index in [1.807, 2.05) is 18.2 Å². The Labute approximate surface area is 108 Å². The van der Waals surface area contributed by atoms with Crippen molar-refractivity contribution in [2.24, 2.45) is 0 Å². The Kier molecular flexibility index (Phi) is 3.97. The van der Waals surface area contributed by atoms with Gasteiger partial charge in [-0.3, -0.25) is 9.69 Å². The Hall–Kier alpha value is -2.02. The van der Waals surface area contributed by atoms with Crippen LogP contribution < -0.4 is 9.64 Å². The van der Waals surface area contributed by atoms with Gasteiger partial charge in [0.1, 0.15) is 5.75 Å². The maximum atomic E-state index is 11.5. The Morgan fingerprint density at radius 3 is 2.44 bits per heavy atom. The van der Waals surface area contributed by atoms with Crippen LogP contribution in [0.15, 0.2) is 18.2 Å². The summed E-state index contributed by atoms with van der Waals surface area (Å²) in [6.07, 6.45) is 0. The smallest absolute Gasteiger partial charge is 0.329 e. The van der Waals surface area contributed by atoms with Crippen LogP contribution in [0.4, 0.5) is 5.69 Å². The Morgan fingerprint density at radius 1 is 1.39 bits per heavy atom. The van der Waals surface area contributed by atoms with Gasteiger partial charge in [0.2, 0.25) is 0 Å². The number of benzene rings is 1. The van der Waals surface area contributed by atoms with E-state index < -0.39 is 5.91 Å². The van der Waals surface area contributed by atoms with E-state index in [9.17, 15) is 4.79 Å². The summed E-state index contributed by atoms with van der Waals surface area (Å²) in [5, 5.41) is 8.68. The SMILES string of the molecule is COc1ccc(C(C)(C)C)cc1N(C)C(=O)C#N. The molecule has 1 amide bonds. The predicted molar refractivity (Wildman–Crippen MR) is 70.7 cm³/mol. The van der Waals surface area contributed by atoms with Gasteiger partial charge in [0.05, 0.1) is 12.8 Å². The van der Waals surface area contributed by atoms with Crippen molar-refractivity contribution in [3.05, 3.63) is 23.8 Å². The van der Waals surface area contributed by atoms with E-state index in [0.29, 0.717) is 11.4 Å². The molecule has 0 aliphatic carbocycles. The largest absolute Gasteiger partial charge is 0.495 e. The Morgan fingerprint density at radius 2 is 2.00 bits per heavy atom. The van der Waals surface area contributed by atoms with E-state index in [-0.39, 0.29) is 5.41 Å². The zero-order valence-corrected chi connectivity index (χ0v) is 11.4. The molecule has 0 aliphatic rings. The van der Waals surface area contributed by atoms with Crippen molar-refractivity contribution in [2.45, 2.75) is 26.2 Å². The second-order valence-electron chi connectivity index (χ2n) is 5.11. The molecule has 1 aromatic carbocycles. The summed E-state index contributed by atoms with van der Waals surface area (Å²) in [5.74, 6) is -0.0338. The van der Waals surface area contributed by atoms with Gasteiger partial charge >= 0.3 is 5.91 Å². The normalized spacial score (nSPS) is 10.7. The highest BCUT2D eigenvalue weighted by Crippen LogP contribution is 2.33. The van der Waals surface area contributed by atoms with Crippen molar-refractivity contribution in [1.82, 2.24) is 0 Å². The van der Waals surface area contributed by atoms with E-state index in [2.05, 4.69) is 20.8 Å². The molecule has 0 aliphatic heterocycles. The highest BCUT2D eigenvalue weighted by Gasteiger charge is 2.20. The molecule has 4 heteroatoms. The molecule has 4 nitrogen and oxygen atoms in total. The average Bonchev–Trinajstić information content (AvgIpc) is 2.35. The molecule has 18 heavy (non-hydrogen) atoms. The van der Waals surface area contributed by atoms with Crippen LogP contribution >= 0.6 is 0 Å². The number of carbonyl (C=O) groups excluding carboxylic acids is 1. The van der Waals surface area contributed by atoms with Crippen molar-refractivity contribution in [1.29, 1.82) is 5.26 Å². The second-order valence-corrected chi connectivity index (χ2v) is 5.11. The molecule has 0 saturated carbocycles.